The number of aliphatic hydroxyl groups is 1. The number of carbonyl (C=O) groups excluding carboxylic acids is 5. The lowest BCUT2D eigenvalue weighted by Gasteiger charge is -2.52. The van der Waals surface area contributed by atoms with E-state index >= 15 is 0 Å². The number of phenols is 1. The van der Waals surface area contributed by atoms with E-state index < -0.39 is 64.4 Å². The van der Waals surface area contributed by atoms with Crippen molar-refractivity contribution in [2.75, 3.05) is 27.2 Å². The van der Waals surface area contributed by atoms with E-state index in [1.165, 1.54) is 30.2 Å². The second kappa shape index (κ2) is 9.44. The Hall–Kier alpha value is -2.66. The highest BCUT2D eigenvalue weighted by Gasteiger charge is 2.69. The first-order valence-electron chi connectivity index (χ1n) is 14.0. The molecule has 8 atom stereocenters. The molecule has 1 amide bonds. The van der Waals surface area contributed by atoms with Crippen molar-refractivity contribution < 1.29 is 34.2 Å². The zero-order valence-electron chi connectivity index (χ0n) is 22.6. The fraction of sp³-hybridized carbons (Fsp3) is 0.621. The van der Waals surface area contributed by atoms with Crippen LogP contribution in [0.5, 0.6) is 5.75 Å². The third-order valence-electron chi connectivity index (χ3n) is 10.3. The number of nitrogens with zero attached hydrogens (tertiary/aromatic N) is 2. The van der Waals surface area contributed by atoms with E-state index in [9.17, 15) is 34.2 Å². The van der Waals surface area contributed by atoms with E-state index in [-0.39, 0.29) is 24.2 Å². The van der Waals surface area contributed by atoms with Crippen LogP contribution in [0.3, 0.4) is 0 Å². The molecular weight excluding hydrogens is 538 g/mol. The molecule has 11 heteroatoms. The maximum Gasteiger partial charge on any atom is 0.235 e. The molecule has 1 aromatic carbocycles. The van der Waals surface area contributed by atoms with Gasteiger partial charge in [-0.05, 0) is 74.7 Å². The third-order valence-corrected chi connectivity index (χ3v) is 10.7. The predicted molar refractivity (Wildman–Crippen MR) is 142 cm³/mol. The van der Waals surface area contributed by atoms with Crippen LogP contribution >= 0.6 is 11.6 Å². The van der Waals surface area contributed by atoms with Gasteiger partial charge in [0.1, 0.15) is 5.75 Å². The third kappa shape index (κ3) is 3.76. The zero-order valence-corrected chi connectivity index (χ0v) is 23.3. The van der Waals surface area contributed by atoms with Crippen LogP contribution in [-0.4, -0.2) is 87.9 Å². The summed E-state index contributed by atoms with van der Waals surface area (Å²) in [5.41, 5.74) is 3.71. The van der Waals surface area contributed by atoms with Crippen LogP contribution in [-0.2, 0) is 32.1 Å². The van der Waals surface area contributed by atoms with E-state index in [0.717, 1.165) is 13.1 Å². The van der Waals surface area contributed by atoms with E-state index in [1.54, 1.807) is 14.1 Å². The molecule has 1 aliphatic heterocycles. The number of hydrogen-bond donors (Lipinski definition) is 3. The van der Waals surface area contributed by atoms with Gasteiger partial charge in [-0.25, -0.2) is 0 Å². The van der Waals surface area contributed by atoms with Crippen molar-refractivity contribution in [3.63, 3.8) is 0 Å². The first kappa shape index (κ1) is 27.5. The number of halogens is 1. The average molecular weight is 572 g/mol. The Morgan fingerprint density at radius 1 is 1.12 bits per heavy atom. The molecule has 1 aromatic rings. The van der Waals surface area contributed by atoms with Crippen molar-refractivity contribution in [2.24, 2.45) is 41.2 Å². The molecule has 4 aliphatic carbocycles. The summed E-state index contributed by atoms with van der Waals surface area (Å²) in [7, 11) is 3.12. The summed E-state index contributed by atoms with van der Waals surface area (Å²) in [5.74, 6) is -9.21. The van der Waals surface area contributed by atoms with Gasteiger partial charge in [0, 0.05) is 30.6 Å². The van der Waals surface area contributed by atoms with E-state index in [2.05, 4.69) is 4.90 Å². The Kier molecular flexibility index (Phi) is 6.49. The number of benzene rings is 1. The summed E-state index contributed by atoms with van der Waals surface area (Å²) < 4.78 is 0. The number of phenolic OH excluding ortho intramolecular Hbond substituents is 1. The minimum atomic E-state index is -2.73. The van der Waals surface area contributed by atoms with Gasteiger partial charge < -0.3 is 15.9 Å². The second-order valence-electron chi connectivity index (χ2n) is 12.7. The highest BCUT2D eigenvalue weighted by Crippen LogP contribution is 2.52. The Balaban J connectivity index is 1.37. The Labute approximate surface area is 236 Å². The fourth-order valence-corrected chi connectivity index (χ4v) is 8.81. The molecule has 0 spiro atoms. The minimum Gasteiger partial charge on any atom is -0.507 e. The maximum absolute atomic E-state index is 13.9. The largest absolute Gasteiger partial charge is 0.507 e. The highest BCUT2D eigenvalue weighted by atomic mass is 35.5. The van der Waals surface area contributed by atoms with Crippen molar-refractivity contribution in [1.82, 2.24) is 9.80 Å². The molecule has 0 radical (unpaired) electrons. The summed E-state index contributed by atoms with van der Waals surface area (Å²) in [6.45, 7) is 2.48. The first-order chi connectivity index (χ1) is 18.9. The van der Waals surface area contributed by atoms with Gasteiger partial charge in [-0.3, -0.25) is 33.8 Å². The lowest BCUT2D eigenvalue weighted by Crippen LogP contribution is -2.74. The predicted octanol–water partition coefficient (Wildman–Crippen LogP) is 0.752. The number of likely N-dealkylation sites (tertiary alicyclic amines) is 1. The molecule has 6 rings (SSSR count). The van der Waals surface area contributed by atoms with Crippen LogP contribution in [0, 0.1) is 35.5 Å². The summed E-state index contributed by atoms with van der Waals surface area (Å²) in [6.07, 6.45) is 3.88. The number of amides is 1. The van der Waals surface area contributed by atoms with Crippen LogP contribution in [0.2, 0.25) is 5.02 Å². The number of ketones is 4. The monoisotopic (exact) mass is 571 g/mol. The number of carbonyl (C=O) groups is 5. The van der Waals surface area contributed by atoms with Crippen LogP contribution in [0.25, 0.3) is 0 Å². The Bertz CT molecular complexity index is 1350. The smallest absolute Gasteiger partial charge is 0.235 e. The molecule has 4 fully saturated rings. The molecule has 0 aromatic heterocycles. The highest BCUT2D eigenvalue weighted by molar-refractivity contribution is 6.34. The van der Waals surface area contributed by atoms with E-state index in [4.69, 9.17) is 17.3 Å². The number of primary amides is 1. The summed E-state index contributed by atoms with van der Waals surface area (Å²) in [5, 5.41) is 23.0. The number of nitrogens with two attached hydrogens (primary N) is 1. The molecule has 0 bridgehead atoms. The maximum atomic E-state index is 13.9. The standard InChI is InChI=1S/C29H34ClN3O7/c1-32(2)23-17-7-14-6-16-20(18(34)8-15(22(16)30)11-33-9-12-4-3-5-13(12)10-33)24(35)19(14)26(37)29(17,40)27(38)21(25(23)36)28(31)39/h8,12-14,17,19,21,23,34,40H,3-7,9-11H2,1-2H3,(H2,31,39)/t12?,13?,14-,17-,19?,21?,23-,29-/m0/s1. The normalized spacial score (nSPS) is 37.4. The van der Waals surface area contributed by atoms with Crippen LogP contribution < -0.4 is 5.73 Å². The second-order valence-corrected chi connectivity index (χ2v) is 13.0. The number of rotatable bonds is 4. The number of Topliss-reactive ketones (excluding diaryl/α,β-unsaturated/α-hetero) is 4. The van der Waals surface area contributed by atoms with Crippen LogP contribution in [0.15, 0.2) is 6.07 Å². The van der Waals surface area contributed by atoms with Gasteiger partial charge in [0.25, 0.3) is 0 Å². The van der Waals surface area contributed by atoms with Crippen molar-refractivity contribution in [3.8, 4) is 5.75 Å². The molecule has 5 aliphatic rings. The van der Waals surface area contributed by atoms with Crippen LogP contribution in [0.4, 0.5) is 0 Å². The molecule has 1 heterocycles. The van der Waals surface area contributed by atoms with Crippen molar-refractivity contribution >= 4 is 40.6 Å². The lowest BCUT2D eigenvalue weighted by atomic mass is 9.52. The van der Waals surface area contributed by atoms with Gasteiger partial charge in [0.15, 0.2) is 34.7 Å². The zero-order chi connectivity index (χ0) is 28.8. The van der Waals surface area contributed by atoms with Crippen molar-refractivity contribution in [2.45, 2.75) is 50.3 Å². The van der Waals surface area contributed by atoms with Gasteiger partial charge in [-0.2, -0.15) is 0 Å². The number of likely N-dealkylation sites (N-methyl/N-ethyl adjacent to an activating group) is 1. The van der Waals surface area contributed by atoms with E-state index in [0.29, 0.717) is 34.5 Å². The molecule has 10 nitrogen and oxygen atoms in total. The molecule has 4 unspecified atom stereocenters. The molecule has 4 N–H and O–H groups in total. The lowest BCUT2D eigenvalue weighted by molar-refractivity contribution is -0.181. The van der Waals surface area contributed by atoms with Gasteiger partial charge >= 0.3 is 0 Å². The Morgan fingerprint density at radius 3 is 2.38 bits per heavy atom. The fourth-order valence-electron chi connectivity index (χ4n) is 8.52. The van der Waals surface area contributed by atoms with Gasteiger partial charge in [-0.1, -0.05) is 18.0 Å². The molecule has 1 saturated heterocycles. The first-order valence-corrected chi connectivity index (χ1v) is 14.3. The van der Waals surface area contributed by atoms with Gasteiger partial charge in [0.2, 0.25) is 5.91 Å². The number of aromatic hydroxyl groups is 1. The number of fused-ring (bicyclic) bond motifs is 4. The molecule has 40 heavy (non-hydrogen) atoms. The quantitative estimate of drug-likeness (QED) is 0.443. The SMILES string of the molecule is CN(C)[C@@H]1C(=O)C(C(N)=O)C(=O)[C@@]2(O)C(=O)C3C(=O)c4c(O)cc(CN5CC6CCCC6C5)c(Cl)c4C[C@H]3C[C@@H]12. The van der Waals surface area contributed by atoms with Gasteiger partial charge in [0.05, 0.1) is 17.5 Å². The molecule has 214 valence electrons. The average Bonchev–Trinajstić information content (AvgIpc) is 3.46. The van der Waals surface area contributed by atoms with E-state index in [1.807, 2.05) is 0 Å². The summed E-state index contributed by atoms with van der Waals surface area (Å²) >= 11 is 6.88. The number of hydrogen-bond acceptors (Lipinski definition) is 9. The van der Waals surface area contributed by atoms with Crippen molar-refractivity contribution in [1.29, 1.82) is 0 Å². The summed E-state index contributed by atoms with van der Waals surface area (Å²) in [4.78, 5) is 70.1. The van der Waals surface area contributed by atoms with Crippen molar-refractivity contribution in [3.05, 3.63) is 27.8 Å². The molecule has 3 saturated carbocycles. The van der Waals surface area contributed by atoms with Gasteiger partial charge in [-0.15, -0.1) is 0 Å². The topological polar surface area (TPSA) is 158 Å². The van der Waals surface area contributed by atoms with Crippen LogP contribution in [0.1, 0.15) is 47.2 Å². The Morgan fingerprint density at radius 2 is 1.77 bits per heavy atom. The minimum absolute atomic E-state index is 0.000693. The summed E-state index contributed by atoms with van der Waals surface area (Å²) in [6, 6.07) is 0.347. The molecular formula is C29H34ClN3O7.